The van der Waals surface area contributed by atoms with Crippen LogP contribution in [0.5, 0.6) is 5.75 Å². The molecule has 0 spiro atoms. The molecule has 4 rings (SSSR count). The van der Waals surface area contributed by atoms with Crippen molar-refractivity contribution in [3.05, 3.63) is 65.8 Å². The molecule has 0 radical (unpaired) electrons. The van der Waals surface area contributed by atoms with E-state index in [9.17, 15) is 4.79 Å². The number of carbonyl (C=O) groups is 1. The fourth-order valence-electron chi connectivity index (χ4n) is 3.08. The van der Waals surface area contributed by atoms with Crippen LogP contribution in [0, 0.1) is 6.92 Å². The standard InChI is InChI=1S/C20H19N3O3/c1-13-12-25-19-6-5-15(16-4-3-7-21-10-16)9-17(19)11-23(13)20(24)18-8-14(2)26-22-18/h3-10,13H,11-12H2,1-2H3/t13-/m0/s1. The highest BCUT2D eigenvalue weighted by molar-refractivity contribution is 5.92. The number of carbonyl (C=O) groups excluding carboxylic acids is 1. The number of benzene rings is 1. The van der Waals surface area contributed by atoms with Crippen molar-refractivity contribution in [2.45, 2.75) is 26.4 Å². The molecule has 3 aromatic rings. The van der Waals surface area contributed by atoms with Gasteiger partial charge in [0.05, 0.1) is 12.6 Å². The van der Waals surface area contributed by atoms with Gasteiger partial charge in [-0.1, -0.05) is 17.3 Å². The molecule has 26 heavy (non-hydrogen) atoms. The highest BCUT2D eigenvalue weighted by Gasteiger charge is 2.28. The van der Waals surface area contributed by atoms with Crippen LogP contribution >= 0.6 is 0 Å². The highest BCUT2D eigenvalue weighted by atomic mass is 16.5. The van der Waals surface area contributed by atoms with E-state index in [0.717, 1.165) is 22.4 Å². The number of ether oxygens (including phenoxy) is 1. The zero-order valence-electron chi connectivity index (χ0n) is 14.7. The summed E-state index contributed by atoms with van der Waals surface area (Å²) in [4.78, 5) is 18.8. The Kier molecular flexibility index (Phi) is 4.16. The maximum absolute atomic E-state index is 12.9. The average Bonchev–Trinajstić information content (AvgIpc) is 3.03. The predicted molar refractivity (Wildman–Crippen MR) is 95.7 cm³/mol. The summed E-state index contributed by atoms with van der Waals surface area (Å²) in [5.74, 6) is 1.26. The second-order valence-corrected chi connectivity index (χ2v) is 6.48. The molecule has 1 amide bonds. The summed E-state index contributed by atoms with van der Waals surface area (Å²) in [5.41, 5.74) is 3.35. The van der Waals surface area contributed by atoms with Crippen LogP contribution in [-0.2, 0) is 6.54 Å². The van der Waals surface area contributed by atoms with E-state index in [0.29, 0.717) is 24.6 Å². The fourth-order valence-corrected chi connectivity index (χ4v) is 3.08. The third-order valence-corrected chi connectivity index (χ3v) is 4.52. The van der Waals surface area contributed by atoms with Crippen LogP contribution < -0.4 is 4.74 Å². The summed E-state index contributed by atoms with van der Waals surface area (Å²) in [6.45, 7) is 4.63. The van der Waals surface area contributed by atoms with Crippen molar-refractivity contribution in [2.24, 2.45) is 0 Å². The zero-order valence-corrected chi connectivity index (χ0v) is 14.7. The number of hydrogen-bond donors (Lipinski definition) is 0. The third-order valence-electron chi connectivity index (χ3n) is 4.52. The summed E-state index contributed by atoms with van der Waals surface area (Å²) >= 11 is 0. The van der Waals surface area contributed by atoms with E-state index in [1.807, 2.05) is 37.4 Å². The van der Waals surface area contributed by atoms with E-state index in [1.165, 1.54) is 0 Å². The molecule has 0 saturated heterocycles. The van der Waals surface area contributed by atoms with E-state index in [-0.39, 0.29) is 11.9 Å². The molecule has 1 aromatic carbocycles. The zero-order chi connectivity index (χ0) is 18.1. The second kappa shape index (κ2) is 6.63. The summed E-state index contributed by atoms with van der Waals surface area (Å²) in [7, 11) is 0. The predicted octanol–water partition coefficient (Wildman–Crippen LogP) is 3.47. The number of rotatable bonds is 2. The van der Waals surface area contributed by atoms with Gasteiger partial charge in [0.1, 0.15) is 18.1 Å². The minimum absolute atomic E-state index is 0.0752. The molecule has 6 heteroatoms. The lowest BCUT2D eigenvalue weighted by Gasteiger charge is -2.25. The summed E-state index contributed by atoms with van der Waals surface area (Å²) in [6, 6.07) is 11.5. The molecule has 3 heterocycles. The monoisotopic (exact) mass is 349 g/mol. The van der Waals surface area contributed by atoms with Gasteiger partial charge in [-0.25, -0.2) is 0 Å². The molecule has 2 aromatic heterocycles. The van der Waals surface area contributed by atoms with Gasteiger partial charge in [0, 0.05) is 29.6 Å². The topological polar surface area (TPSA) is 68.5 Å². The van der Waals surface area contributed by atoms with Crippen molar-refractivity contribution in [3.63, 3.8) is 0 Å². The van der Waals surface area contributed by atoms with Crippen LogP contribution in [0.15, 0.2) is 53.3 Å². The molecule has 6 nitrogen and oxygen atoms in total. The molecular formula is C20H19N3O3. The van der Waals surface area contributed by atoms with Gasteiger partial charge in [-0.05, 0) is 37.6 Å². The van der Waals surface area contributed by atoms with Gasteiger partial charge in [0.2, 0.25) is 0 Å². The van der Waals surface area contributed by atoms with Gasteiger partial charge in [0.15, 0.2) is 5.69 Å². The molecule has 1 aliphatic rings. The van der Waals surface area contributed by atoms with Gasteiger partial charge in [-0.2, -0.15) is 0 Å². The Hall–Kier alpha value is -3.15. The summed E-state index contributed by atoms with van der Waals surface area (Å²) in [5, 5.41) is 3.86. The molecule has 0 unspecified atom stereocenters. The molecule has 0 saturated carbocycles. The number of pyridine rings is 1. The maximum atomic E-state index is 12.9. The molecule has 1 atom stereocenters. The number of aromatic nitrogens is 2. The second-order valence-electron chi connectivity index (χ2n) is 6.48. The fraction of sp³-hybridized carbons (Fsp3) is 0.250. The van der Waals surface area contributed by atoms with Crippen LogP contribution in [0.25, 0.3) is 11.1 Å². The van der Waals surface area contributed by atoms with Crippen LogP contribution in [0.2, 0.25) is 0 Å². The van der Waals surface area contributed by atoms with Gasteiger partial charge < -0.3 is 14.2 Å². The Morgan fingerprint density at radius 3 is 2.85 bits per heavy atom. The van der Waals surface area contributed by atoms with Crippen LogP contribution in [-0.4, -0.2) is 33.6 Å². The normalized spacial score (nSPS) is 16.5. The largest absolute Gasteiger partial charge is 0.491 e. The Morgan fingerprint density at radius 1 is 1.23 bits per heavy atom. The first-order chi connectivity index (χ1) is 12.6. The number of nitrogens with zero attached hydrogens (tertiary/aromatic N) is 3. The Balaban J connectivity index is 1.67. The molecule has 0 aliphatic carbocycles. The van der Waals surface area contributed by atoms with Crippen LogP contribution in [0.3, 0.4) is 0 Å². The van der Waals surface area contributed by atoms with Crippen molar-refractivity contribution in [1.82, 2.24) is 15.0 Å². The first-order valence-corrected chi connectivity index (χ1v) is 8.52. The first-order valence-electron chi connectivity index (χ1n) is 8.52. The Bertz CT molecular complexity index is 936. The number of amides is 1. The van der Waals surface area contributed by atoms with E-state index in [2.05, 4.69) is 16.2 Å². The minimum atomic E-state index is -0.155. The lowest BCUT2D eigenvalue weighted by molar-refractivity contribution is 0.0635. The van der Waals surface area contributed by atoms with Crippen molar-refractivity contribution in [3.8, 4) is 16.9 Å². The minimum Gasteiger partial charge on any atom is -0.491 e. The lowest BCUT2D eigenvalue weighted by atomic mass is 10.0. The van der Waals surface area contributed by atoms with E-state index < -0.39 is 0 Å². The van der Waals surface area contributed by atoms with E-state index in [4.69, 9.17) is 9.26 Å². The van der Waals surface area contributed by atoms with Crippen molar-refractivity contribution >= 4 is 5.91 Å². The van der Waals surface area contributed by atoms with Crippen LogP contribution in [0.4, 0.5) is 0 Å². The Morgan fingerprint density at radius 2 is 2.12 bits per heavy atom. The molecule has 132 valence electrons. The lowest BCUT2D eigenvalue weighted by Crippen LogP contribution is -2.40. The van der Waals surface area contributed by atoms with Crippen molar-refractivity contribution < 1.29 is 14.1 Å². The first kappa shape index (κ1) is 16.3. The van der Waals surface area contributed by atoms with Crippen molar-refractivity contribution in [2.75, 3.05) is 6.61 Å². The Labute approximate surface area is 151 Å². The smallest absolute Gasteiger partial charge is 0.276 e. The molecule has 1 aliphatic heterocycles. The number of fused-ring (bicyclic) bond motifs is 1. The summed E-state index contributed by atoms with van der Waals surface area (Å²) < 4.78 is 11.0. The van der Waals surface area contributed by atoms with Crippen LogP contribution in [0.1, 0.15) is 28.7 Å². The average molecular weight is 349 g/mol. The van der Waals surface area contributed by atoms with Gasteiger partial charge in [0.25, 0.3) is 5.91 Å². The molecule has 0 bridgehead atoms. The van der Waals surface area contributed by atoms with Gasteiger partial charge in [-0.3, -0.25) is 9.78 Å². The summed E-state index contributed by atoms with van der Waals surface area (Å²) in [6.07, 6.45) is 3.57. The third kappa shape index (κ3) is 3.06. The highest BCUT2D eigenvalue weighted by Crippen LogP contribution is 2.30. The van der Waals surface area contributed by atoms with E-state index in [1.54, 1.807) is 24.1 Å². The van der Waals surface area contributed by atoms with E-state index >= 15 is 0 Å². The van der Waals surface area contributed by atoms with Crippen molar-refractivity contribution in [1.29, 1.82) is 0 Å². The number of hydrogen-bond acceptors (Lipinski definition) is 5. The molecule has 0 fully saturated rings. The number of aryl methyl sites for hydroxylation is 1. The molecule has 0 N–H and O–H groups in total. The molecular weight excluding hydrogens is 330 g/mol. The maximum Gasteiger partial charge on any atom is 0.276 e. The van der Waals surface area contributed by atoms with Gasteiger partial charge in [-0.15, -0.1) is 0 Å². The quantitative estimate of drug-likeness (QED) is 0.709. The van der Waals surface area contributed by atoms with Gasteiger partial charge >= 0.3 is 0 Å². The SMILES string of the molecule is Cc1cc(C(=O)N2Cc3cc(-c4cccnc4)ccc3OC[C@@H]2C)no1.